The number of alkyl halides is 1. The molecule has 0 bridgehead atoms. The van der Waals surface area contributed by atoms with Crippen LogP contribution in [0.15, 0.2) is 0 Å². The van der Waals surface area contributed by atoms with E-state index in [1.807, 2.05) is 13.8 Å². The molecule has 78 valence electrons. The first-order valence-electron chi connectivity index (χ1n) is 5.38. The second-order valence-electron chi connectivity index (χ2n) is 4.95. The predicted molar refractivity (Wildman–Crippen MR) is 54.5 cm³/mol. The summed E-state index contributed by atoms with van der Waals surface area (Å²) in [7, 11) is 0. The SMILES string of the molecule is CC(C)[C@H]1CC(F)(C(C)C)CCN1. The van der Waals surface area contributed by atoms with Crippen LogP contribution in [0.5, 0.6) is 0 Å². The van der Waals surface area contributed by atoms with Crippen LogP contribution in [0.3, 0.4) is 0 Å². The van der Waals surface area contributed by atoms with Gasteiger partial charge in [0.25, 0.3) is 0 Å². The van der Waals surface area contributed by atoms with Crippen LogP contribution < -0.4 is 5.32 Å². The molecule has 1 N–H and O–H groups in total. The lowest BCUT2D eigenvalue weighted by molar-refractivity contribution is 0.0349. The fraction of sp³-hybridized carbons (Fsp3) is 1.00. The first-order valence-corrected chi connectivity index (χ1v) is 5.38. The van der Waals surface area contributed by atoms with Crippen molar-refractivity contribution in [2.45, 2.75) is 52.2 Å². The van der Waals surface area contributed by atoms with E-state index < -0.39 is 5.67 Å². The molecule has 0 saturated carbocycles. The highest BCUT2D eigenvalue weighted by Crippen LogP contribution is 2.35. The Labute approximate surface area is 81.1 Å². The standard InChI is InChI=1S/C11H22FN/c1-8(2)10-7-11(12,9(3)4)5-6-13-10/h8-10,13H,5-7H2,1-4H3/t10-,11?/m1/s1. The van der Waals surface area contributed by atoms with Gasteiger partial charge in [0.05, 0.1) is 0 Å². The molecule has 2 atom stereocenters. The van der Waals surface area contributed by atoms with Gasteiger partial charge in [0, 0.05) is 6.04 Å². The van der Waals surface area contributed by atoms with Crippen molar-refractivity contribution < 1.29 is 4.39 Å². The molecule has 0 aromatic heterocycles. The fourth-order valence-corrected chi connectivity index (χ4v) is 2.00. The molecule has 0 amide bonds. The zero-order valence-electron chi connectivity index (χ0n) is 9.23. The van der Waals surface area contributed by atoms with Gasteiger partial charge in [-0.05, 0) is 31.2 Å². The molecule has 1 saturated heterocycles. The molecule has 1 heterocycles. The van der Waals surface area contributed by atoms with E-state index >= 15 is 0 Å². The van der Waals surface area contributed by atoms with E-state index in [1.165, 1.54) is 0 Å². The molecule has 0 aromatic rings. The van der Waals surface area contributed by atoms with Crippen LogP contribution in [0.4, 0.5) is 4.39 Å². The molecule has 0 spiro atoms. The highest BCUT2D eigenvalue weighted by molar-refractivity contribution is 4.93. The highest BCUT2D eigenvalue weighted by Gasteiger charge is 2.39. The summed E-state index contributed by atoms with van der Waals surface area (Å²) in [6.45, 7) is 9.12. The summed E-state index contributed by atoms with van der Waals surface area (Å²) >= 11 is 0. The fourth-order valence-electron chi connectivity index (χ4n) is 2.00. The minimum atomic E-state index is -0.930. The third kappa shape index (κ3) is 2.43. The maximum absolute atomic E-state index is 14.3. The van der Waals surface area contributed by atoms with Crippen molar-refractivity contribution in [1.82, 2.24) is 5.32 Å². The number of rotatable bonds is 2. The monoisotopic (exact) mass is 187 g/mol. The summed E-state index contributed by atoms with van der Waals surface area (Å²) in [5, 5.41) is 3.39. The van der Waals surface area contributed by atoms with E-state index in [-0.39, 0.29) is 5.92 Å². The highest BCUT2D eigenvalue weighted by atomic mass is 19.1. The Balaban J connectivity index is 2.60. The quantitative estimate of drug-likeness (QED) is 0.701. The molecule has 0 radical (unpaired) electrons. The van der Waals surface area contributed by atoms with Crippen LogP contribution >= 0.6 is 0 Å². The Bertz CT molecular complexity index is 167. The molecule has 1 rings (SSSR count). The molecule has 1 unspecified atom stereocenters. The third-order valence-electron chi connectivity index (χ3n) is 3.35. The van der Waals surface area contributed by atoms with E-state index in [4.69, 9.17) is 0 Å². The third-order valence-corrected chi connectivity index (χ3v) is 3.35. The van der Waals surface area contributed by atoms with Gasteiger partial charge in [-0.15, -0.1) is 0 Å². The predicted octanol–water partition coefficient (Wildman–Crippen LogP) is 2.76. The number of hydrogen-bond acceptors (Lipinski definition) is 1. The van der Waals surface area contributed by atoms with Gasteiger partial charge in [-0.3, -0.25) is 0 Å². The van der Waals surface area contributed by atoms with Crippen LogP contribution in [0.25, 0.3) is 0 Å². The molecule has 13 heavy (non-hydrogen) atoms. The van der Waals surface area contributed by atoms with E-state index in [9.17, 15) is 4.39 Å². The van der Waals surface area contributed by atoms with E-state index in [1.54, 1.807) is 0 Å². The molecule has 1 aliphatic heterocycles. The number of halogens is 1. The summed E-state index contributed by atoms with van der Waals surface area (Å²) in [4.78, 5) is 0. The summed E-state index contributed by atoms with van der Waals surface area (Å²) in [6, 6.07) is 0.362. The Morgan fingerprint density at radius 1 is 1.31 bits per heavy atom. The zero-order chi connectivity index (χ0) is 10.1. The topological polar surface area (TPSA) is 12.0 Å². The lowest BCUT2D eigenvalue weighted by atomic mass is 9.78. The van der Waals surface area contributed by atoms with Crippen LogP contribution in [0.2, 0.25) is 0 Å². The molecule has 2 heteroatoms. The Hall–Kier alpha value is -0.110. The van der Waals surface area contributed by atoms with Crippen LogP contribution in [0, 0.1) is 11.8 Å². The van der Waals surface area contributed by atoms with Gasteiger partial charge in [0.2, 0.25) is 0 Å². The van der Waals surface area contributed by atoms with Crippen molar-refractivity contribution in [3.05, 3.63) is 0 Å². The van der Waals surface area contributed by atoms with Gasteiger partial charge in [-0.1, -0.05) is 27.7 Å². The Kier molecular flexibility index (Phi) is 3.33. The smallest absolute Gasteiger partial charge is 0.116 e. The minimum absolute atomic E-state index is 0.149. The van der Waals surface area contributed by atoms with Crippen molar-refractivity contribution >= 4 is 0 Å². The molecule has 0 aliphatic carbocycles. The van der Waals surface area contributed by atoms with Gasteiger partial charge < -0.3 is 5.32 Å². The van der Waals surface area contributed by atoms with Crippen molar-refractivity contribution in [1.29, 1.82) is 0 Å². The van der Waals surface area contributed by atoms with Crippen LogP contribution in [-0.4, -0.2) is 18.3 Å². The average molecular weight is 187 g/mol. The molecule has 1 fully saturated rings. The van der Waals surface area contributed by atoms with Gasteiger partial charge in [0.15, 0.2) is 0 Å². The van der Waals surface area contributed by atoms with Crippen LogP contribution in [-0.2, 0) is 0 Å². The number of hydrogen-bond donors (Lipinski definition) is 1. The van der Waals surface area contributed by atoms with Gasteiger partial charge in [-0.2, -0.15) is 0 Å². The molecule has 0 aromatic carbocycles. The maximum Gasteiger partial charge on any atom is 0.116 e. The summed E-state index contributed by atoms with van der Waals surface area (Å²) in [5.41, 5.74) is -0.930. The lowest BCUT2D eigenvalue weighted by Crippen LogP contribution is -2.50. The lowest BCUT2D eigenvalue weighted by Gasteiger charge is -2.39. The molecular formula is C11H22FN. The number of piperidine rings is 1. The first kappa shape index (κ1) is 11.0. The molecule has 1 aliphatic rings. The Morgan fingerprint density at radius 3 is 2.38 bits per heavy atom. The van der Waals surface area contributed by atoms with E-state index in [0.717, 1.165) is 6.54 Å². The average Bonchev–Trinajstić information content (AvgIpc) is 2.04. The summed E-state index contributed by atoms with van der Waals surface area (Å²) < 4.78 is 14.3. The van der Waals surface area contributed by atoms with Gasteiger partial charge >= 0.3 is 0 Å². The second-order valence-corrected chi connectivity index (χ2v) is 4.95. The van der Waals surface area contributed by atoms with Gasteiger partial charge in [-0.25, -0.2) is 4.39 Å². The normalized spacial score (nSPS) is 35.8. The zero-order valence-corrected chi connectivity index (χ0v) is 9.23. The number of nitrogens with one attached hydrogen (secondary N) is 1. The van der Waals surface area contributed by atoms with Crippen molar-refractivity contribution in [2.75, 3.05) is 6.54 Å². The van der Waals surface area contributed by atoms with Crippen molar-refractivity contribution in [3.63, 3.8) is 0 Å². The molecular weight excluding hydrogens is 165 g/mol. The second kappa shape index (κ2) is 3.95. The minimum Gasteiger partial charge on any atom is -0.313 e. The summed E-state index contributed by atoms with van der Waals surface area (Å²) in [5.74, 6) is 0.685. The van der Waals surface area contributed by atoms with Crippen LogP contribution in [0.1, 0.15) is 40.5 Å². The summed E-state index contributed by atoms with van der Waals surface area (Å²) in [6.07, 6.45) is 1.36. The van der Waals surface area contributed by atoms with Crippen molar-refractivity contribution in [3.8, 4) is 0 Å². The van der Waals surface area contributed by atoms with Crippen molar-refractivity contribution in [2.24, 2.45) is 11.8 Å². The van der Waals surface area contributed by atoms with E-state index in [0.29, 0.717) is 24.8 Å². The van der Waals surface area contributed by atoms with Gasteiger partial charge in [0.1, 0.15) is 5.67 Å². The largest absolute Gasteiger partial charge is 0.313 e. The Morgan fingerprint density at radius 2 is 1.92 bits per heavy atom. The molecule has 1 nitrogen and oxygen atoms in total. The first-order chi connectivity index (χ1) is 5.96. The van der Waals surface area contributed by atoms with E-state index in [2.05, 4.69) is 19.2 Å². The maximum atomic E-state index is 14.3.